The Bertz CT molecular complexity index is 940. The van der Waals surface area contributed by atoms with Gasteiger partial charge in [-0.3, -0.25) is 14.5 Å². The number of carbonyl (C=O) groups excluding carboxylic acids is 3. The molecule has 1 saturated heterocycles. The Labute approximate surface area is 169 Å². The number of carbonyl (C=O) groups is 3. The summed E-state index contributed by atoms with van der Waals surface area (Å²) in [4.78, 5) is 40.9. The highest BCUT2D eigenvalue weighted by atomic mass is 16.2. The number of nitrogens with zero attached hydrogens (tertiary/aromatic N) is 3. The smallest absolute Gasteiger partial charge is 0.325 e. The minimum atomic E-state index is -1.27. The van der Waals surface area contributed by atoms with Crippen LogP contribution in [0.1, 0.15) is 17.5 Å². The molecule has 1 unspecified atom stereocenters. The van der Waals surface area contributed by atoms with Crippen LogP contribution in [0.15, 0.2) is 60.7 Å². The van der Waals surface area contributed by atoms with Gasteiger partial charge in [0, 0.05) is 20.0 Å². The van der Waals surface area contributed by atoms with Gasteiger partial charge in [-0.25, -0.2) is 4.79 Å². The van der Waals surface area contributed by atoms with Crippen molar-refractivity contribution in [1.82, 2.24) is 15.1 Å². The summed E-state index contributed by atoms with van der Waals surface area (Å²) in [6, 6.07) is 19.9. The Kier molecular flexibility index (Phi) is 5.93. The summed E-state index contributed by atoms with van der Waals surface area (Å²) in [5, 5.41) is 11.5. The van der Waals surface area contributed by atoms with Crippen LogP contribution in [0.3, 0.4) is 0 Å². The van der Waals surface area contributed by atoms with E-state index in [9.17, 15) is 14.4 Å². The molecule has 1 aliphatic heterocycles. The second kappa shape index (κ2) is 8.57. The molecule has 4 amide bonds. The van der Waals surface area contributed by atoms with Crippen molar-refractivity contribution in [1.29, 1.82) is 5.26 Å². The summed E-state index contributed by atoms with van der Waals surface area (Å²) < 4.78 is 0. The minimum absolute atomic E-state index is 0.185. The molecule has 1 fully saturated rings. The average molecular weight is 390 g/mol. The first kappa shape index (κ1) is 20.1. The fourth-order valence-corrected chi connectivity index (χ4v) is 3.41. The van der Waals surface area contributed by atoms with Crippen LogP contribution >= 0.6 is 0 Å². The third-order valence-electron chi connectivity index (χ3n) is 5.03. The molecule has 2 aromatic rings. The number of hydrogen-bond acceptors (Lipinski definition) is 4. The Morgan fingerprint density at radius 2 is 1.72 bits per heavy atom. The number of rotatable bonds is 7. The highest BCUT2D eigenvalue weighted by molar-refractivity contribution is 6.09. The van der Waals surface area contributed by atoms with E-state index in [2.05, 4.69) is 5.32 Å². The standard InChI is InChI=1S/C22H22N4O3/c1-25(14-8-13-23)19(27)16-26-20(28)22(24-21(26)29,18-11-6-3-7-12-18)15-17-9-4-2-5-10-17/h2-7,9-12H,8,14-16H2,1H3,(H,24,29). The molecule has 148 valence electrons. The lowest BCUT2D eigenvalue weighted by atomic mass is 9.83. The Morgan fingerprint density at radius 3 is 2.34 bits per heavy atom. The van der Waals surface area contributed by atoms with Crippen molar-refractivity contribution in [2.45, 2.75) is 18.4 Å². The summed E-state index contributed by atoms with van der Waals surface area (Å²) in [7, 11) is 1.55. The quantitative estimate of drug-likeness (QED) is 0.732. The van der Waals surface area contributed by atoms with Crippen LogP contribution in [0.5, 0.6) is 0 Å². The van der Waals surface area contributed by atoms with E-state index in [0.717, 1.165) is 10.5 Å². The van der Waals surface area contributed by atoms with E-state index < -0.39 is 23.4 Å². The molecule has 29 heavy (non-hydrogen) atoms. The van der Waals surface area contributed by atoms with Crippen molar-refractivity contribution in [2.75, 3.05) is 20.1 Å². The molecule has 3 rings (SSSR count). The van der Waals surface area contributed by atoms with Crippen LogP contribution in [0.2, 0.25) is 0 Å². The van der Waals surface area contributed by atoms with E-state index in [1.807, 2.05) is 54.6 Å². The third-order valence-corrected chi connectivity index (χ3v) is 5.03. The van der Waals surface area contributed by atoms with Crippen LogP contribution in [0.25, 0.3) is 0 Å². The lowest BCUT2D eigenvalue weighted by Gasteiger charge is -2.28. The van der Waals surface area contributed by atoms with E-state index >= 15 is 0 Å². The number of urea groups is 1. The maximum Gasteiger partial charge on any atom is 0.325 e. The summed E-state index contributed by atoms with van der Waals surface area (Å²) in [5.74, 6) is -0.855. The van der Waals surface area contributed by atoms with Crippen LogP contribution in [0.4, 0.5) is 4.79 Å². The molecule has 1 atom stereocenters. The molecule has 0 saturated carbocycles. The van der Waals surface area contributed by atoms with Gasteiger partial charge in [0.05, 0.1) is 12.5 Å². The Morgan fingerprint density at radius 1 is 1.10 bits per heavy atom. The molecule has 0 aromatic heterocycles. The van der Waals surface area contributed by atoms with E-state index in [0.29, 0.717) is 5.56 Å². The van der Waals surface area contributed by atoms with Gasteiger partial charge in [0.2, 0.25) is 5.91 Å². The molecular formula is C22H22N4O3. The van der Waals surface area contributed by atoms with Crippen LogP contribution < -0.4 is 5.32 Å². The van der Waals surface area contributed by atoms with Gasteiger partial charge in [0.15, 0.2) is 5.54 Å². The summed E-state index contributed by atoms with van der Waals surface area (Å²) in [6.07, 6.45) is 0.460. The maximum atomic E-state index is 13.4. The van der Waals surface area contributed by atoms with Gasteiger partial charge in [-0.05, 0) is 11.1 Å². The minimum Gasteiger partial charge on any atom is -0.343 e. The Balaban J connectivity index is 1.90. The number of imide groups is 1. The van der Waals surface area contributed by atoms with Gasteiger partial charge in [-0.15, -0.1) is 0 Å². The van der Waals surface area contributed by atoms with Crippen molar-refractivity contribution < 1.29 is 14.4 Å². The van der Waals surface area contributed by atoms with Gasteiger partial charge in [-0.1, -0.05) is 60.7 Å². The van der Waals surface area contributed by atoms with E-state index in [1.54, 1.807) is 19.2 Å². The van der Waals surface area contributed by atoms with Crippen molar-refractivity contribution in [2.24, 2.45) is 0 Å². The van der Waals surface area contributed by atoms with Gasteiger partial charge in [0.25, 0.3) is 5.91 Å². The first-order valence-corrected chi connectivity index (χ1v) is 9.32. The second-order valence-corrected chi connectivity index (χ2v) is 6.98. The average Bonchev–Trinajstić information content (AvgIpc) is 2.98. The largest absolute Gasteiger partial charge is 0.343 e. The lowest BCUT2D eigenvalue weighted by Crippen LogP contribution is -2.47. The SMILES string of the molecule is CN(CCC#N)C(=O)CN1C(=O)NC(Cc2ccccc2)(c2ccccc2)C1=O. The number of hydrogen-bond donors (Lipinski definition) is 1. The number of likely N-dealkylation sites (N-methyl/N-ethyl adjacent to an activating group) is 1. The van der Waals surface area contributed by atoms with Crippen LogP contribution in [-0.2, 0) is 21.5 Å². The van der Waals surface area contributed by atoms with Gasteiger partial charge in [0.1, 0.15) is 6.54 Å². The molecule has 2 aromatic carbocycles. The second-order valence-electron chi connectivity index (χ2n) is 6.98. The third kappa shape index (κ3) is 4.11. The van der Waals surface area contributed by atoms with Crippen LogP contribution in [0, 0.1) is 11.3 Å². The van der Waals surface area contributed by atoms with E-state index in [1.165, 1.54) is 4.90 Å². The van der Waals surface area contributed by atoms with Gasteiger partial charge in [-0.2, -0.15) is 5.26 Å². The number of nitriles is 1. The molecule has 1 heterocycles. The van der Waals surface area contributed by atoms with Gasteiger partial charge < -0.3 is 10.2 Å². The summed E-state index contributed by atoms with van der Waals surface area (Å²) in [5.41, 5.74) is 0.282. The number of amides is 4. The zero-order valence-corrected chi connectivity index (χ0v) is 16.2. The van der Waals surface area contributed by atoms with Crippen molar-refractivity contribution in [3.63, 3.8) is 0 Å². The predicted molar refractivity (Wildman–Crippen MR) is 106 cm³/mol. The van der Waals surface area contributed by atoms with E-state index in [-0.39, 0.29) is 25.9 Å². The fourth-order valence-electron chi connectivity index (χ4n) is 3.41. The zero-order valence-electron chi connectivity index (χ0n) is 16.2. The number of nitrogens with one attached hydrogen (secondary N) is 1. The van der Waals surface area contributed by atoms with Crippen molar-refractivity contribution in [3.05, 3.63) is 71.8 Å². The molecular weight excluding hydrogens is 368 g/mol. The Hall–Kier alpha value is -3.66. The molecule has 0 radical (unpaired) electrons. The lowest BCUT2D eigenvalue weighted by molar-refractivity contribution is -0.138. The molecule has 0 aliphatic carbocycles. The highest BCUT2D eigenvalue weighted by Crippen LogP contribution is 2.33. The molecule has 7 heteroatoms. The summed E-state index contributed by atoms with van der Waals surface area (Å²) in [6.45, 7) is -0.122. The van der Waals surface area contributed by atoms with Crippen molar-refractivity contribution >= 4 is 17.8 Å². The summed E-state index contributed by atoms with van der Waals surface area (Å²) >= 11 is 0. The highest BCUT2D eigenvalue weighted by Gasteiger charge is 2.52. The first-order valence-electron chi connectivity index (χ1n) is 9.32. The molecule has 1 N–H and O–H groups in total. The maximum absolute atomic E-state index is 13.4. The van der Waals surface area contributed by atoms with Crippen molar-refractivity contribution in [3.8, 4) is 6.07 Å². The zero-order chi connectivity index (χ0) is 20.9. The topological polar surface area (TPSA) is 93.5 Å². The first-order chi connectivity index (χ1) is 14.0. The molecule has 0 bridgehead atoms. The fraction of sp³-hybridized carbons (Fsp3) is 0.273. The molecule has 7 nitrogen and oxygen atoms in total. The number of benzene rings is 2. The van der Waals surface area contributed by atoms with Crippen LogP contribution in [-0.4, -0.2) is 47.8 Å². The van der Waals surface area contributed by atoms with Gasteiger partial charge >= 0.3 is 6.03 Å². The molecule has 1 aliphatic rings. The predicted octanol–water partition coefficient (Wildman–Crippen LogP) is 2.05. The van der Waals surface area contributed by atoms with E-state index in [4.69, 9.17) is 5.26 Å². The molecule has 0 spiro atoms. The normalized spacial score (nSPS) is 18.3. The monoisotopic (exact) mass is 390 g/mol.